The zero-order valence-electron chi connectivity index (χ0n) is 9.53. The summed E-state index contributed by atoms with van der Waals surface area (Å²) in [4.78, 5) is 11.4. The van der Waals surface area contributed by atoms with Crippen molar-refractivity contribution in [3.63, 3.8) is 0 Å². The maximum atomic E-state index is 12.2. The molecular formula is C10H15F2N3O2. The third kappa shape index (κ3) is 4.48. The number of nitrogens with zero attached hydrogens (tertiary/aromatic N) is 2. The van der Waals surface area contributed by atoms with E-state index in [1.807, 2.05) is 6.92 Å². The number of aromatic nitrogens is 2. The first-order chi connectivity index (χ1) is 8.15. The van der Waals surface area contributed by atoms with E-state index >= 15 is 0 Å². The summed E-state index contributed by atoms with van der Waals surface area (Å²) in [7, 11) is 0. The van der Waals surface area contributed by atoms with E-state index in [1.54, 1.807) is 0 Å². The largest absolute Gasteiger partial charge is 0.382 e. The second-order valence-corrected chi connectivity index (χ2v) is 3.27. The van der Waals surface area contributed by atoms with Crippen molar-refractivity contribution in [2.24, 2.45) is 0 Å². The lowest BCUT2D eigenvalue weighted by atomic mass is 10.4. The third-order valence-corrected chi connectivity index (χ3v) is 2.00. The molecular weight excluding hydrogens is 232 g/mol. The van der Waals surface area contributed by atoms with E-state index in [0.29, 0.717) is 30.9 Å². The molecule has 0 aliphatic rings. The van der Waals surface area contributed by atoms with Crippen molar-refractivity contribution >= 4 is 5.91 Å². The van der Waals surface area contributed by atoms with Crippen LogP contribution in [0, 0.1) is 0 Å². The zero-order valence-corrected chi connectivity index (χ0v) is 9.53. The van der Waals surface area contributed by atoms with Gasteiger partial charge in [-0.15, -0.1) is 0 Å². The fraction of sp³-hybridized carbons (Fsp3) is 0.600. The molecule has 7 heteroatoms. The van der Waals surface area contributed by atoms with Crippen LogP contribution in [0.4, 0.5) is 8.78 Å². The molecule has 1 heterocycles. The summed E-state index contributed by atoms with van der Waals surface area (Å²) in [6.45, 7) is 0.778. The molecule has 0 atom stereocenters. The Morgan fingerprint density at radius 2 is 2.41 bits per heavy atom. The van der Waals surface area contributed by atoms with Crippen LogP contribution < -0.4 is 5.32 Å². The summed E-state index contributed by atoms with van der Waals surface area (Å²) in [6, 6.07) is 1.25. The highest BCUT2D eigenvalue weighted by atomic mass is 19.3. The van der Waals surface area contributed by atoms with Gasteiger partial charge in [0.15, 0.2) is 0 Å². The van der Waals surface area contributed by atoms with Gasteiger partial charge in [0, 0.05) is 26.0 Å². The summed E-state index contributed by atoms with van der Waals surface area (Å²) in [5.41, 5.74) is -0.0123. The summed E-state index contributed by atoms with van der Waals surface area (Å²) >= 11 is 0. The summed E-state index contributed by atoms with van der Waals surface area (Å²) in [5, 5.41) is 6.02. The fourth-order valence-electron chi connectivity index (χ4n) is 1.18. The highest BCUT2D eigenvalue weighted by Gasteiger charge is 2.12. The molecule has 0 unspecified atom stereocenters. The predicted octanol–water partition coefficient (Wildman–Crippen LogP) is 1.43. The molecule has 0 aromatic carbocycles. The zero-order chi connectivity index (χ0) is 12.7. The van der Waals surface area contributed by atoms with E-state index in [4.69, 9.17) is 4.74 Å². The van der Waals surface area contributed by atoms with Gasteiger partial charge in [-0.1, -0.05) is 0 Å². The fourth-order valence-corrected chi connectivity index (χ4v) is 1.18. The third-order valence-electron chi connectivity index (χ3n) is 2.00. The Morgan fingerprint density at radius 3 is 3.00 bits per heavy atom. The van der Waals surface area contributed by atoms with E-state index in [2.05, 4.69) is 10.4 Å². The van der Waals surface area contributed by atoms with Gasteiger partial charge in [0.2, 0.25) is 0 Å². The lowest BCUT2D eigenvalue weighted by molar-refractivity contribution is 0.0560. The monoisotopic (exact) mass is 247 g/mol. The van der Waals surface area contributed by atoms with Gasteiger partial charge in [0.1, 0.15) is 5.69 Å². The Labute approximate surface area is 97.7 Å². The van der Waals surface area contributed by atoms with Gasteiger partial charge in [-0.2, -0.15) is 13.9 Å². The molecule has 17 heavy (non-hydrogen) atoms. The van der Waals surface area contributed by atoms with E-state index in [0.717, 1.165) is 6.20 Å². The molecule has 0 radical (unpaired) electrons. The number of nitrogens with one attached hydrogen (secondary N) is 1. The molecule has 5 nitrogen and oxygen atoms in total. The first kappa shape index (κ1) is 13.6. The second kappa shape index (κ2) is 6.95. The maximum absolute atomic E-state index is 12.2. The van der Waals surface area contributed by atoms with Crippen molar-refractivity contribution in [2.45, 2.75) is 19.9 Å². The minimum atomic E-state index is -2.73. The Kier molecular flexibility index (Phi) is 5.55. The molecule has 96 valence electrons. The topological polar surface area (TPSA) is 56.1 Å². The van der Waals surface area contributed by atoms with Crippen LogP contribution in [0.2, 0.25) is 0 Å². The van der Waals surface area contributed by atoms with Gasteiger partial charge in [-0.05, 0) is 19.4 Å². The quantitative estimate of drug-likeness (QED) is 0.742. The average Bonchev–Trinajstić information content (AvgIpc) is 2.78. The first-order valence-electron chi connectivity index (χ1n) is 5.34. The Hall–Kier alpha value is -1.50. The average molecular weight is 247 g/mol. The molecule has 0 saturated carbocycles. The van der Waals surface area contributed by atoms with Crippen LogP contribution in [-0.2, 0) is 4.74 Å². The Bertz CT molecular complexity index is 355. The minimum Gasteiger partial charge on any atom is -0.382 e. The van der Waals surface area contributed by atoms with E-state index < -0.39 is 12.5 Å². The smallest absolute Gasteiger partial charge is 0.333 e. The molecule has 0 fully saturated rings. The number of ether oxygens (including phenoxy) is 1. The molecule has 1 aromatic rings. The van der Waals surface area contributed by atoms with Crippen LogP contribution in [0.5, 0.6) is 0 Å². The number of rotatable bonds is 7. The summed E-state index contributed by atoms with van der Waals surface area (Å²) in [6.07, 6.45) is 1.74. The number of halogens is 2. The van der Waals surface area contributed by atoms with Crippen molar-refractivity contribution in [2.75, 3.05) is 19.8 Å². The Balaban J connectivity index is 2.31. The van der Waals surface area contributed by atoms with Crippen molar-refractivity contribution in [1.29, 1.82) is 0 Å². The molecule has 0 bridgehead atoms. The number of carbonyl (C=O) groups excluding carboxylic acids is 1. The summed E-state index contributed by atoms with van der Waals surface area (Å²) < 4.78 is 29.9. The minimum absolute atomic E-state index is 0.0123. The van der Waals surface area contributed by atoms with E-state index in [1.165, 1.54) is 6.07 Å². The van der Waals surface area contributed by atoms with Gasteiger partial charge in [0.25, 0.3) is 5.91 Å². The highest BCUT2D eigenvalue weighted by molar-refractivity contribution is 5.92. The molecule has 1 N–H and O–H groups in total. The highest BCUT2D eigenvalue weighted by Crippen LogP contribution is 2.08. The Morgan fingerprint density at radius 1 is 1.65 bits per heavy atom. The number of alkyl halides is 2. The SMILES string of the molecule is CCOCCCNC(=O)c1ccn(C(F)F)n1. The summed E-state index contributed by atoms with van der Waals surface area (Å²) in [5.74, 6) is -0.458. The van der Waals surface area contributed by atoms with Crippen LogP contribution in [0.1, 0.15) is 30.4 Å². The van der Waals surface area contributed by atoms with Crippen LogP contribution in [-0.4, -0.2) is 35.4 Å². The van der Waals surface area contributed by atoms with Crippen molar-refractivity contribution < 1.29 is 18.3 Å². The lowest BCUT2D eigenvalue weighted by Gasteiger charge is -2.03. The maximum Gasteiger partial charge on any atom is 0.333 e. The van der Waals surface area contributed by atoms with Gasteiger partial charge in [-0.25, -0.2) is 4.68 Å². The normalized spacial score (nSPS) is 10.8. The van der Waals surface area contributed by atoms with Crippen LogP contribution >= 0.6 is 0 Å². The van der Waals surface area contributed by atoms with Gasteiger partial charge < -0.3 is 10.1 Å². The molecule has 1 aromatic heterocycles. The van der Waals surface area contributed by atoms with E-state index in [-0.39, 0.29) is 5.69 Å². The van der Waals surface area contributed by atoms with E-state index in [9.17, 15) is 13.6 Å². The second-order valence-electron chi connectivity index (χ2n) is 3.27. The number of amides is 1. The molecule has 1 rings (SSSR count). The standard InChI is InChI=1S/C10H15F2N3O2/c1-2-17-7-3-5-13-9(16)8-4-6-15(14-8)10(11)12/h4,6,10H,2-3,5,7H2,1H3,(H,13,16). The number of hydrogen-bond donors (Lipinski definition) is 1. The molecule has 0 saturated heterocycles. The molecule has 0 aliphatic carbocycles. The predicted molar refractivity (Wildman–Crippen MR) is 56.9 cm³/mol. The van der Waals surface area contributed by atoms with Gasteiger partial charge in [0.05, 0.1) is 0 Å². The lowest BCUT2D eigenvalue weighted by Crippen LogP contribution is -2.25. The van der Waals surface area contributed by atoms with Crippen LogP contribution in [0.3, 0.4) is 0 Å². The van der Waals surface area contributed by atoms with Crippen molar-refractivity contribution in [3.05, 3.63) is 18.0 Å². The van der Waals surface area contributed by atoms with Gasteiger partial charge in [-0.3, -0.25) is 4.79 Å². The molecule has 0 spiro atoms. The van der Waals surface area contributed by atoms with Gasteiger partial charge >= 0.3 is 6.55 Å². The number of carbonyl (C=O) groups is 1. The van der Waals surface area contributed by atoms with Crippen molar-refractivity contribution in [3.8, 4) is 0 Å². The van der Waals surface area contributed by atoms with Crippen LogP contribution in [0.15, 0.2) is 12.3 Å². The van der Waals surface area contributed by atoms with Crippen molar-refractivity contribution in [1.82, 2.24) is 15.1 Å². The molecule has 1 amide bonds. The van der Waals surface area contributed by atoms with Crippen LogP contribution in [0.25, 0.3) is 0 Å². The first-order valence-corrected chi connectivity index (χ1v) is 5.34. The molecule has 0 aliphatic heterocycles. The number of hydrogen-bond acceptors (Lipinski definition) is 3.